The first-order valence-electron chi connectivity index (χ1n) is 4.93. The fourth-order valence-electron chi connectivity index (χ4n) is 1.21. The summed E-state index contributed by atoms with van der Waals surface area (Å²) in [6.07, 6.45) is 0. The van der Waals surface area contributed by atoms with Crippen LogP contribution in [0.2, 0.25) is 0 Å². The summed E-state index contributed by atoms with van der Waals surface area (Å²) in [5.41, 5.74) is 0.918. The van der Waals surface area contributed by atoms with E-state index in [1.54, 1.807) is 18.2 Å². The molecule has 0 bridgehead atoms. The molecule has 0 aliphatic carbocycles. The Bertz CT molecular complexity index is 431. The number of benzene rings is 1. The van der Waals surface area contributed by atoms with E-state index in [1.165, 1.54) is 7.05 Å². The minimum atomic E-state index is -3.14. The van der Waals surface area contributed by atoms with Gasteiger partial charge >= 0.3 is 0 Å². The molecule has 0 unspecified atom stereocenters. The highest BCUT2D eigenvalue weighted by Gasteiger charge is 2.05. The monoisotopic (exact) mass is 244 g/mol. The third kappa shape index (κ3) is 4.61. The third-order valence-corrected chi connectivity index (χ3v) is 3.46. The van der Waals surface area contributed by atoms with Gasteiger partial charge in [0.05, 0.1) is 5.75 Å². The summed E-state index contributed by atoms with van der Waals surface area (Å²) in [6, 6.07) is 6.84. The molecule has 90 valence electrons. The number of sulfonamides is 1. The second-order valence-corrected chi connectivity index (χ2v) is 5.42. The van der Waals surface area contributed by atoms with Crippen LogP contribution in [-0.4, -0.2) is 32.9 Å². The van der Waals surface area contributed by atoms with Crippen LogP contribution in [0.1, 0.15) is 5.56 Å². The van der Waals surface area contributed by atoms with Crippen LogP contribution < -0.4 is 10.0 Å². The lowest BCUT2D eigenvalue weighted by Crippen LogP contribution is -2.29. The van der Waals surface area contributed by atoms with Gasteiger partial charge in [-0.3, -0.25) is 0 Å². The molecule has 0 saturated carbocycles. The molecule has 1 rings (SSSR count). The van der Waals surface area contributed by atoms with Gasteiger partial charge in [0, 0.05) is 13.1 Å². The molecule has 16 heavy (non-hydrogen) atoms. The van der Waals surface area contributed by atoms with Gasteiger partial charge in [-0.2, -0.15) is 0 Å². The van der Waals surface area contributed by atoms with Gasteiger partial charge in [-0.05, 0) is 24.7 Å². The van der Waals surface area contributed by atoms with Crippen molar-refractivity contribution in [1.29, 1.82) is 0 Å². The molecule has 0 atom stereocenters. The molecule has 1 aromatic rings. The van der Waals surface area contributed by atoms with Crippen LogP contribution >= 0.6 is 0 Å². The molecule has 0 saturated heterocycles. The molecule has 5 nitrogen and oxygen atoms in total. The Labute approximate surface area is 95.5 Å². The summed E-state index contributed by atoms with van der Waals surface area (Å²) in [4.78, 5) is 0. The Morgan fingerprint density at radius 1 is 1.38 bits per heavy atom. The third-order valence-electron chi connectivity index (χ3n) is 2.10. The van der Waals surface area contributed by atoms with Gasteiger partial charge in [0.15, 0.2) is 0 Å². The van der Waals surface area contributed by atoms with Crippen LogP contribution in [0.25, 0.3) is 0 Å². The summed E-state index contributed by atoms with van der Waals surface area (Å²) in [5.74, 6) is 0.254. The van der Waals surface area contributed by atoms with E-state index in [-0.39, 0.29) is 11.5 Å². The molecule has 6 heteroatoms. The standard InChI is InChI=1S/C10H16N2O3S/c1-11-16(14,15)6-5-12-8-9-3-2-4-10(13)7-9/h2-4,7,11-13H,5-6,8H2,1H3. The van der Waals surface area contributed by atoms with Crippen molar-refractivity contribution in [2.45, 2.75) is 6.54 Å². The van der Waals surface area contributed by atoms with E-state index in [2.05, 4.69) is 10.0 Å². The van der Waals surface area contributed by atoms with Gasteiger partial charge in [-0.15, -0.1) is 0 Å². The van der Waals surface area contributed by atoms with Crippen molar-refractivity contribution < 1.29 is 13.5 Å². The molecule has 0 spiro atoms. The van der Waals surface area contributed by atoms with Gasteiger partial charge < -0.3 is 10.4 Å². The Kier molecular flexibility index (Phi) is 4.72. The van der Waals surface area contributed by atoms with E-state index in [4.69, 9.17) is 0 Å². The van der Waals surface area contributed by atoms with Crippen molar-refractivity contribution in [2.24, 2.45) is 0 Å². The molecular formula is C10H16N2O3S. The highest BCUT2D eigenvalue weighted by molar-refractivity contribution is 7.89. The number of hydrogen-bond acceptors (Lipinski definition) is 4. The van der Waals surface area contributed by atoms with Crippen molar-refractivity contribution in [3.8, 4) is 5.75 Å². The first-order valence-corrected chi connectivity index (χ1v) is 6.58. The average molecular weight is 244 g/mol. The molecule has 0 heterocycles. The molecule has 0 radical (unpaired) electrons. The van der Waals surface area contributed by atoms with Crippen LogP contribution in [0, 0.1) is 0 Å². The van der Waals surface area contributed by atoms with Gasteiger partial charge in [0.1, 0.15) is 5.75 Å². The maximum Gasteiger partial charge on any atom is 0.212 e. The van der Waals surface area contributed by atoms with E-state index >= 15 is 0 Å². The lowest BCUT2D eigenvalue weighted by molar-refractivity contribution is 0.474. The van der Waals surface area contributed by atoms with Crippen molar-refractivity contribution in [3.63, 3.8) is 0 Å². The lowest BCUT2D eigenvalue weighted by atomic mass is 10.2. The number of phenolic OH excluding ortho intramolecular Hbond substituents is 1. The fourth-order valence-corrected chi connectivity index (χ4v) is 1.82. The quantitative estimate of drug-likeness (QED) is 0.617. The van der Waals surface area contributed by atoms with Crippen LogP contribution in [0.4, 0.5) is 0 Å². The van der Waals surface area contributed by atoms with E-state index < -0.39 is 10.0 Å². The topological polar surface area (TPSA) is 78.4 Å². The maximum absolute atomic E-state index is 11.1. The van der Waals surface area contributed by atoms with Gasteiger partial charge in [0.25, 0.3) is 0 Å². The van der Waals surface area contributed by atoms with Crippen LogP contribution in [0.5, 0.6) is 5.75 Å². The van der Waals surface area contributed by atoms with Crippen LogP contribution in [-0.2, 0) is 16.6 Å². The number of rotatable bonds is 6. The fraction of sp³-hybridized carbons (Fsp3) is 0.400. The summed E-state index contributed by atoms with van der Waals surface area (Å²) >= 11 is 0. The van der Waals surface area contributed by atoms with Gasteiger partial charge in [-0.25, -0.2) is 13.1 Å². The van der Waals surface area contributed by atoms with Crippen molar-refractivity contribution in [2.75, 3.05) is 19.3 Å². The molecule has 0 aliphatic rings. The molecule has 0 amide bonds. The molecule has 1 aromatic carbocycles. The van der Waals surface area contributed by atoms with E-state index in [0.717, 1.165) is 5.56 Å². The first kappa shape index (κ1) is 13.0. The Morgan fingerprint density at radius 3 is 2.75 bits per heavy atom. The summed E-state index contributed by atoms with van der Waals surface area (Å²) < 4.78 is 24.4. The van der Waals surface area contributed by atoms with E-state index in [9.17, 15) is 13.5 Å². The lowest BCUT2D eigenvalue weighted by Gasteiger charge is -2.05. The van der Waals surface area contributed by atoms with Crippen LogP contribution in [0.3, 0.4) is 0 Å². The number of phenols is 1. The minimum Gasteiger partial charge on any atom is -0.508 e. The largest absolute Gasteiger partial charge is 0.508 e. The normalized spacial score (nSPS) is 11.6. The summed E-state index contributed by atoms with van der Waals surface area (Å²) in [6.45, 7) is 0.909. The Balaban J connectivity index is 2.32. The first-order chi connectivity index (χ1) is 7.53. The van der Waals surface area contributed by atoms with E-state index in [1.807, 2.05) is 6.07 Å². The van der Waals surface area contributed by atoms with Crippen molar-refractivity contribution >= 4 is 10.0 Å². The second kappa shape index (κ2) is 5.83. The van der Waals surface area contributed by atoms with Crippen LogP contribution in [0.15, 0.2) is 24.3 Å². The van der Waals surface area contributed by atoms with E-state index in [0.29, 0.717) is 13.1 Å². The zero-order valence-corrected chi connectivity index (χ0v) is 9.92. The predicted molar refractivity (Wildman–Crippen MR) is 62.7 cm³/mol. The summed E-state index contributed by atoms with van der Waals surface area (Å²) in [7, 11) is -1.75. The van der Waals surface area contributed by atoms with Gasteiger partial charge in [-0.1, -0.05) is 12.1 Å². The Morgan fingerprint density at radius 2 is 2.12 bits per heavy atom. The average Bonchev–Trinajstić information content (AvgIpc) is 2.25. The summed E-state index contributed by atoms with van der Waals surface area (Å²) in [5, 5.41) is 12.2. The highest BCUT2D eigenvalue weighted by Crippen LogP contribution is 2.10. The number of aromatic hydroxyl groups is 1. The second-order valence-electron chi connectivity index (χ2n) is 3.37. The number of nitrogens with one attached hydrogen (secondary N) is 2. The molecule has 0 fully saturated rings. The molecule has 0 aromatic heterocycles. The molecule has 3 N–H and O–H groups in total. The highest BCUT2D eigenvalue weighted by atomic mass is 32.2. The van der Waals surface area contributed by atoms with Crippen molar-refractivity contribution in [3.05, 3.63) is 29.8 Å². The number of hydrogen-bond donors (Lipinski definition) is 3. The van der Waals surface area contributed by atoms with Crippen molar-refractivity contribution in [1.82, 2.24) is 10.0 Å². The Hall–Kier alpha value is -1.11. The zero-order valence-electron chi connectivity index (χ0n) is 9.10. The zero-order chi connectivity index (χ0) is 12.0. The minimum absolute atomic E-state index is 0.0440. The maximum atomic E-state index is 11.1. The molecule has 0 aliphatic heterocycles. The predicted octanol–water partition coefficient (Wildman–Crippen LogP) is 0.0310. The van der Waals surface area contributed by atoms with Gasteiger partial charge in [0.2, 0.25) is 10.0 Å². The molecular weight excluding hydrogens is 228 g/mol. The smallest absolute Gasteiger partial charge is 0.212 e. The SMILES string of the molecule is CNS(=O)(=O)CCNCc1cccc(O)c1.